The number of nitrogens with zero attached hydrogens (tertiary/aromatic N) is 1. The molecule has 6 heteroatoms. The number of hydrazone groups is 1. The van der Waals surface area contributed by atoms with Crippen LogP contribution in [0.1, 0.15) is 5.56 Å². The maximum absolute atomic E-state index is 11.5. The number of benzene rings is 2. The third kappa shape index (κ3) is 5.57. The van der Waals surface area contributed by atoms with Crippen LogP contribution in [0, 0.1) is 0 Å². The summed E-state index contributed by atoms with van der Waals surface area (Å²) in [7, 11) is 0. The van der Waals surface area contributed by atoms with Crippen molar-refractivity contribution in [2.75, 3.05) is 6.61 Å². The fourth-order valence-electron chi connectivity index (χ4n) is 1.44. The van der Waals surface area contributed by atoms with Gasteiger partial charge in [0.2, 0.25) is 0 Å². The molecule has 2 aromatic carbocycles. The first-order valence-electron chi connectivity index (χ1n) is 6.09. The predicted molar refractivity (Wildman–Crippen MR) is 86.8 cm³/mol. The molecule has 0 aliphatic heterocycles. The Morgan fingerprint density at radius 3 is 2.52 bits per heavy atom. The second kappa shape index (κ2) is 7.81. The predicted octanol–water partition coefficient (Wildman–Crippen LogP) is 3.63. The summed E-state index contributed by atoms with van der Waals surface area (Å²) in [4.78, 5) is 11.5. The lowest BCUT2D eigenvalue weighted by atomic mass is 10.2. The molecule has 0 radical (unpaired) electrons. The van der Waals surface area contributed by atoms with Crippen LogP contribution in [0.5, 0.6) is 5.75 Å². The quantitative estimate of drug-likeness (QED) is 0.648. The summed E-state index contributed by atoms with van der Waals surface area (Å²) in [6.45, 7) is -0.112. The summed E-state index contributed by atoms with van der Waals surface area (Å²) >= 11 is 9.10. The molecule has 0 fully saturated rings. The standard InChI is InChI=1S/C15H12BrClN2O2/c16-12-3-1-11(2-4-12)9-18-19-15(20)10-21-14-7-5-13(17)6-8-14/h1-9H,10H2,(H,19,20)/b18-9+. The van der Waals surface area contributed by atoms with Crippen LogP contribution in [-0.4, -0.2) is 18.7 Å². The van der Waals surface area contributed by atoms with Gasteiger partial charge < -0.3 is 4.74 Å². The summed E-state index contributed by atoms with van der Waals surface area (Å²) in [5.74, 6) is 0.241. The fraction of sp³-hybridized carbons (Fsp3) is 0.0667. The maximum atomic E-state index is 11.5. The highest BCUT2D eigenvalue weighted by Crippen LogP contribution is 2.15. The van der Waals surface area contributed by atoms with E-state index in [1.54, 1.807) is 30.5 Å². The van der Waals surface area contributed by atoms with Gasteiger partial charge in [-0.15, -0.1) is 0 Å². The molecule has 0 aromatic heterocycles. The topological polar surface area (TPSA) is 50.7 Å². The van der Waals surface area contributed by atoms with Crippen molar-refractivity contribution in [2.45, 2.75) is 0 Å². The summed E-state index contributed by atoms with van der Waals surface area (Å²) in [6.07, 6.45) is 1.56. The highest BCUT2D eigenvalue weighted by Gasteiger charge is 2.01. The van der Waals surface area contributed by atoms with E-state index >= 15 is 0 Å². The van der Waals surface area contributed by atoms with Gasteiger partial charge in [-0.05, 0) is 42.0 Å². The molecular formula is C15H12BrClN2O2. The molecule has 0 saturated heterocycles. The van der Waals surface area contributed by atoms with E-state index in [9.17, 15) is 4.79 Å². The molecule has 1 N–H and O–H groups in total. The number of carbonyl (C=O) groups excluding carboxylic acids is 1. The van der Waals surface area contributed by atoms with Gasteiger partial charge in [0.25, 0.3) is 5.91 Å². The van der Waals surface area contributed by atoms with E-state index in [1.807, 2.05) is 24.3 Å². The monoisotopic (exact) mass is 366 g/mol. The van der Waals surface area contributed by atoms with E-state index in [0.29, 0.717) is 10.8 Å². The zero-order chi connectivity index (χ0) is 15.1. The Balaban J connectivity index is 1.77. The summed E-state index contributed by atoms with van der Waals surface area (Å²) in [5.41, 5.74) is 3.28. The Hall–Kier alpha value is -1.85. The summed E-state index contributed by atoms with van der Waals surface area (Å²) in [6, 6.07) is 14.3. The molecule has 4 nitrogen and oxygen atoms in total. The minimum atomic E-state index is -0.335. The lowest BCUT2D eigenvalue weighted by molar-refractivity contribution is -0.123. The first-order valence-corrected chi connectivity index (χ1v) is 7.26. The molecule has 1 amide bonds. The molecule has 108 valence electrons. The van der Waals surface area contributed by atoms with Gasteiger partial charge >= 0.3 is 0 Å². The molecule has 0 aliphatic rings. The van der Waals surface area contributed by atoms with E-state index in [0.717, 1.165) is 10.0 Å². The third-order valence-corrected chi connectivity index (χ3v) is 3.24. The Morgan fingerprint density at radius 1 is 1.19 bits per heavy atom. The molecule has 0 spiro atoms. The van der Waals surface area contributed by atoms with E-state index in [4.69, 9.17) is 16.3 Å². The molecule has 2 rings (SSSR count). The Bertz CT molecular complexity index is 627. The second-order valence-electron chi connectivity index (χ2n) is 4.09. The average molecular weight is 368 g/mol. The van der Waals surface area contributed by atoms with Crippen molar-refractivity contribution in [3.05, 3.63) is 63.6 Å². The van der Waals surface area contributed by atoms with Crippen molar-refractivity contribution in [3.8, 4) is 5.75 Å². The third-order valence-electron chi connectivity index (χ3n) is 2.46. The Morgan fingerprint density at radius 2 is 1.86 bits per heavy atom. The minimum Gasteiger partial charge on any atom is -0.484 e. The summed E-state index contributed by atoms with van der Waals surface area (Å²) in [5, 5.41) is 4.47. The summed E-state index contributed by atoms with van der Waals surface area (Å²) < 4.78 is 6.28. The van der Waals surface area contributed by atoms with Crippen LogP contribution in [0.4, 0.5) is 0 Å². The van der Waals surface area contributed by atoms with Crippen molar-refractivity contribution in [3.63, 3.8) is 0 Å². The van der Waals surface area contributed by atoms with Crippen LogP contribution < -0.4 is 10.2 Å². The highest BCUT2D eigenvalue weighted by atomic mass is 79.9. The molecule has 0 atom stereocenters. The van der Waals surface area contributed by atoms with Gasteiger partial charge in [0.1, 0.15) is 5.75 Å². The van der Waals surface area contributed by atoms with Crippen molar-refractivity contribution in [1.82, 2.24) is 5.43 Å². The van der Waals surface area contributed by atoms with Gasteiger partial charge in [-0.25, -0.2) is 5.43 Å². The molecule has 0 saturated carbocycles. The first kappa shape index (κ1) is 15.5. The van der Waals surface area contributed by atoms with Gasteiger partial charge in [-0.1, -0.05) is 39.7 Å². The number of nitrogens with one attached hydrogen (secondary N) is 1. The first-order chi connectivity index (χ1) is 10.1. The zero-order valence-corrected chi connectivity index (χ0v) is 13.3. The molecule has 0 unspecified atom stereocenters. The number of halogens is 2. The molecule has 0 bridgehead atoms. The number of hydrogen-bond acceptors (Lipinski definition) is 3. The Kier molecular flexibility index (Phi) is 5.78. The van der Waals surface area contributed by atoms with Gasteiger partial charge in [0, 0.05) is 9.50 Å². The van der Waals surface area contributed by atoms with E-state index in [-0.39, 0.29) is 12.5 Å². The van der Waals surface area contributed by atoms with Crippen LogP contribution in [0.3, 0.4) is 0 Å². The smallest absolute Gasteiger partial charge is 0.277 e. The zero-order valence-electron chi connectivity index (χ0n) is 10.9. The maximum Gasteiger partial charge on any atom is 0.277 e. The highest BCUT2D eigenvalue weighted by molar-refractivity contribution is 9.10. The van der Waals surface area contributed by atoms with Crippen LogP contribution in [-0.2, 0) is 4.79 Å². The number of hydrogen-bond donors (Lipinski definition) is 1. The van der Waals surface area contributed by atoms with E-state index in [2.05, 4.69) is 26.5 Å². The number of carbonyl (C=O) groups is 1. The molecule has 0 aliphatic carbocycles. The molecule has 0 heterocycles. The number of amides is 1. The van der Waals surface area contributed by atoms with Crippen molar-refractivity contribution in [2.24, 2.45) is 5.10 Å². The van der Waals surface area contributed by atoms with Gasteiger partial charge in [-0.3, -0.25) is 4.79 Å². The van der Waals surface area contributed by atoms with Gasteiger partial charge in [-0.2, -0.15) is 5.10 Å². The SMILES string of the molecule is O=C(COc1ccc(Cl)cc1)N/N=C/c1ccc(Br)cc1. The largest absolute Gasteiger partial charge is 0.484 e. The second-order valence-corrected chi connectivity index (χ2v) is 5.44. The van der Waals surface area contributed by atoms with Crippen molar-refractivity contribution in [1.29, 1.82) is 0 Å². The normalized spacial score (nSPS) is 10.6. The minimum absolute atomic E-state index is 0.112. The van der Waals surface area contributed by atoms with Crippen LogP contribution in [0.15, 0.2) is 58.1 Å². The van der Waals surface area contributed by atoms with Crippen LogP contribution in [0.25, 0.3) is 0 Å². The average Bonchev–Trinajstić information content (AvgIpc) is 2.49. The molecule has 2 aromatic rings. The van der Waals surface area contributed by atoms with Crippen molar-refractivity contribution < 1.29 is 9.53 Å². The van der Waals surface area contributed by atoms with E-state index < -0.39 is 0 Å². The fourth-order valence-corrected chi connectivity index (χ4v) is 1.83. The Labute approximate surface area is 135 Å². The van der Waals surface area contributed by atoms with Gasteiger partial charge in [0.15, 0.2) is 6.61 Å². The number of rotatable bonds is 5. The van der Waals surface area contributed by atoms with Crippen LogP contribution in [0.2, 0.25) is 5.02 Å². The number of ether oxygens (including phenoxy) is 1. The lowest BCUT2D eigenvalue weighted by Crippen LogP contribution is -2.24. The van der Waals surface area contributed by atoms with Crippen LogP contribution >= 0.6 is 27.5 Å². The van der Waals surface area contributed by atoms with E-state index in [1.165, 1.54) is 0 Å². The molecular weight excluding hydrogens is 356 g/mol. The van der Waals surface area contributed by atoms with Gasteiger partial charge in [0.05, 0.1) is 6.21 Å². The lowest BCUT2D eigenvalue weighted by Gasteiger charge is -2.04. The van der Waals surface area contributed by atoms with Crippen molar-refractivity contribution >= 4 is 39.7 Å². The molecule has 21 heavy (non-hydrogen) atoms.